The fourth-order valence-corrected chi connectivity index (χ4v) is 2.55. The Morgan fingerprint density at radius 2 is 1.92 bits per heavy atom. The Morgan fingerprint density at radius 3 is 2.58 bits per heavy atom. The molecule has 0 unspecified atom stereocenters. The summed E-state index contributed by atoms with van der Waals surface area (Å²) in [5.74, 6) is -1.20. The van der Waals surface area contributed by atoms with Crippen molar-refractivity contribution >= 4 is 11.9 Å². The summed E-state index contributed by atoms with van der Waals surface area (Å²) >= 11 is 0. The quantitative estimate of drug-likeness (QED) is 0.496. The van der Waals surface area contributed by atoms with Crippen LogP contribution in [0.25, 0.3) is 0 Å². The van der Waals surface area contributed by atoms with Crippen LogP contribution in [0.2, 0.25) is 0 Å². The van der Waals surface area contributed by atoms with E-state index < -0.39 is 23.8 Å². The normalized spacial score (nSPS) is 12.5. The summed E-state index contributed by atoms with van der Waals surface area (Å²) in [5, 5.41) is 5.18. The van der Waals surface area contributed by atoms with Gasteiger partial charge in [-0.2, -0.15) is 0 Å². The molecule has 0 aliphatic rings. The summed E-state index contributed by atoms with van der Waals surface area (Å²) in [6.45, 7) is 2.63. The maximum atomic E-state index is 14.4. The number of halogens is 1. The predicted molar refractivity (Wildman–Crippen MR) is 102 cm³/mol. The Balaban J connectivity index is 2.48. The van der Waals surface area contributed by atoms with E-state index in [2.05, 4.69) is 17.6 Å². The Hall–Kier alpha value is -2.37. The summed E-state index contributed by atoms with van der Waals surface area (Å²) in [6, 6.07) is 8.20. The zero-order chi connectivity index (χ0) is 19.2. The van der Waals surface area contributed by atoms with Gasteiger partial charge >= 0.3 is 6.03 Å². The molecule has 0 saturated heterocycles. The molecule has 0 aromatic heterocycles. The van der Waals surface area contributed by atoms with Gasteiger partial charge in [-0.1, -0.05) is 62.6 Å². The topological polar surface area (TPSA) is 84.2 Å². The first-order valence-corrected chi connectivity index (χ1v) is 9.25. The second-order valence-electron chi connectivity index (χ2n) is 6.30. The van der Waals surface area contributed by atoms with Crippen molar-refractivity contribution in [3.63, 3.8) is 0 Å². The molecule has 144 valence electrons. The molecule has 5 nitrogen and oxygen atoms in total. The fraction of sp³-hybridized carbons (Fsp3) is 0.500. The summed E-state index contributed by atoms with van der Waals surface area (Å²) in [7, 11) is 0. The highest BCUT2D eigenvalue weighted by atomic mass is 19.1. The number of carbonyl (C=O) groups excluding carboxylic acids is 2. The third kappa shape index (κ3) is 9.81. The van der Waals surface area contributed by atoms with Crippen molar-refractivity contribution in [2.24, 2.45) is 5.73 Å². The fourth-order valence-electron chi connectivity index (χ4n) is 2.55. The van der Waals surface area contributed by atoms with Gasteiger partial charge in [0, 0.05) is 6.54 Å². The molecular weight excluding hydrogens is 333 g/mol. The van der Waals surface area contributed by atoms with Gasteiger partial charge in [0.05, 0.1) is 12.5 Å². The van der Waals surface area contributed by atoms with Gasteiger partial charge in [0.25, 0.3) is 0 Å². The average molecular weight is 363 g/mol. The number of carbonyl (C=O) groups is 2. The van der Waals surface area contributed by atoms with E-state index in [1.165, 1.54) is 6.08 Å². The number of nitrogens with one attached hydrogen (secondary N) is 2. The largest absolute Gasteiger partial charge is 0.370 e. The molecule has 1 aromatic carbocycles. The molecule has 0 heterocycles. The van der Waals surface area contributed by atoms with Crippen molar-refractivity contribution in [2.75, 3.05) is 6.54 Å². The van der Waals surface area contributed by atoms with Gasteiger partial charge in [-0.3, -0.25) is 4.79 Å². The van der Waals surface area contributed by atoms with Gasteiger partial charge in [0.1, 0.15) is 5.83 Å². The van der Waals surface area contributed by atoms with Crippen molar-refractivity contribution in [2.45, 2.75) is 57.9 Å². The Labute approximate surface area is 155 Å². The van der Waals surface area contributed by atoms with Crippen LogP contribution in [0, 0.1) is 0 Å². The molecule has 0 fully saturated rings. The molecule has 0 aliphatic carbocycles. The lowest BCUT2D eigenvalue weighted by atomic mass is 10.1. The number of hydrogen-bond donors (Lipinski definition) is 3. The van der Waals surface area contributed by atoms with Gasteiger partial charge < -0.3 is 16.4 Å². The Kier molecular flexibility index (Phi) is 10.8. The SMILES string of the molecule is CCCCCCNC(=O)N[C@H](CC(N)=O)/C(F)=C/CCc1ccccc1. The number of rotatable bonds is 12. The minimum Gasteiger partial charge on any atom is -0.370 e. The second-order valence-corrected chi connectivity index (χ2v) is 6.30. The molecular formula is C20H30FN3O2. The standard InChI is InChI=1S/C20H30FN3O2/c1-2-3-4-8-14-23-20(26)24-18(15-19(22)25)17(21)13-9-12-16-10-6-5-7-11-16/h5-7,10-11,13,18H,2-4,8-9,12,14-15H2,1H3,(H2,22,25)(H2,23,24,26)/b17-13-/t18-/m1/s1. The number of urea groups is 1. The van der Waals surface area contributed by atoms with Crippen LogP contribution in [0.4, 0.5) is 9.18 Å². The molecule has 0 radical (unpaired) electrons. The van der Waals surface area contributed by atoms with Gasteiger partial charge in [-0.25, -0.2) is 9.18 Å². The minimum atomic E-state index is -1.03. The highest BCUT2D eigenvalue weighted by Crippen LogP contribution is 2.12. The lowest BCUT2D eigenvalue weighted by Crippen LogP contribution is -2.44. The molecule has 1 aromatic rings. The van der Waals surface area contributed by atoms with Crippen molar-refractivity contribution < 1.29 is 14.0 Å². The van der Waals surface area contributed by atoms with E-state index in [1.807, 2.05) is 30.3 Å². The first kappa shape index (κ1) is 21.7. The first-order valence-electron chi connectivity index (χ1n) is 9.25. The van der Waals surface area contributed by atoms with E-state index in [4.69, 9.17) is 5.73 Å². The summed E-state index contributed by atoms with van der Waals surface area (Å²) in [4.78, 5) is 23.1. The maximum absolute atomic E-state index is 14.4. The van der Waals surface area contributed by atoms with E-state index in [0.717, 1.165) is 31.2 Å². The molecule has 1 atom stereocenters. The molecule has 6 heteroatoms. The van der Waals surface area contributed by atoms with Crippen LogP contribution in [0.3, 0.4) is 0 Å². The number of amides is 3. The summed E-state index contributed by atoms with van der Waals surface area (Å²) in [6.07, 6.45) is 6.44. The van der Waals surface area contributed by atoms with Crippen LogP contribution in [0.1, 0.15) is 51.0 Å². The number of benzene rings is 1. The van der Waals surface area contributed by atoms with E-state index in [1.54, 1.807) is 0 Å². The Morgan fingerprint density at radius 1 is 1.19 bits per heavy atom. The smallest absolute Gasteiger partial charge is 0.315 e. The molecule has 1 rings (SSSR count). The summed E-state index contributed by atoms with van der Waals surface area (Å²) in [5.41, 5.74) is 6.27. The van der Waals surface area contributed by atoms with Crippen LogP contribution < -0.4 is 16.4 Å². The van der Waals surface area contributed by atoms with E-state index in [0.29, 0.717) is 19.4 Å². The number of unbranched alkanes of at least 4 members (excludes halogenated alkanes) is 3. The number of aryl methyl sites for hydroxylation is 1. The predicted octanol–water partition coefficient (Wildman–Crippen LogP) is 3.60. The zero-order valence-electron chi connectivity index (χ0n) is 15.5. The first-order chi connectivity index (χ1) is 12.5. The van der Waals surface area contributed by atoms with E-state index in [-0.39, 0.29) is 6.42 Å². The molecule has 0 spiro atoms. The van der Waals surface area contributed by atoms with Gasteiger partial charge in [0.2, 0.25) is 5.91 Å². The van der Waals surface area contributed by atoms with Crippen LogP contribution in [0.5, 0.6) is 0 Å². The number of allylic oxidation sites excluding steroid dienone is 1. The highest BCUT2D eigenvalue weighted by molar-refractivity contribution is 5.78. The molecule has 0 aliphatic heterocycles. The van der Waals surface area contributed by atoms with Crippen molar-refractivity contribution in [3.8, 4) is 0 Å². The molecule has 3 amide bonds. The molecule has 0 saturated carbocycles. The van der Waals surface area contributed by atoms with Gasteiger partial charge in [-0.05, 0) is 24.8 Å². The molecule has 0 bridgehead atoms. The number of hydrogen-bond acceptors (Lipinski definition) is 2. The van der Waals surface area contributed by atoms with Crippen LogP contribution in [-0.4, -0.2) is 24.5 Å². The highest BCUT2D eigenvalue weighted by Gasteiger charge is 2.19. The number of primary amides is 1. The average Bonchev–Trinajstić information content (AvgIpc) is 2.61. The van der Waals surface area contributed by atoms with E-state index >= 15 is 0 Å². The van der Waals surface area contributed by atoms with Crippen molar-refractivity contribution in [3.05, 3.63) is 47.8 Å². The second kappa shape index (κ2) is 12.9. The third-order valence-corrected chi connectivity index (χ3v) is 3.97. The van der Waals surface area contributed by atoms with Gasteiger partial charge in [-0.15, -0.1) is 0 Å². The maximum Gasteiger partial charge on any atom is 0.315 e. The minimum absolute atomic E-state index is 0.267. The lowest BCUT2D eigenvalue weighted by molar-refractivity contribution is -0.118. The number of nitrogens with two attached hydrogens (primary N) is 1. The third-order valence-electron chi connectivity index (χ3n) is 3.97. The van der Waals surface area contributed by atoms with Gasteiger partial charge in [0.15, 0.2) is 0 Å². The van der Waals surface area contributed by atoms with Crippen molar-refractivity contribution in [1.29, 1.82) is 0 Å². The van der Waals surface area contributed by atoms with Crippen LogP contribution >= 0.6 is 0 Å². The molecule has 26 heavy (non-hydrogen) atoms. The monoisotopic (exact) mass is 363 g/mol. The van der Waals surface area contributed by atoms with Crippen molar-refractivity contribution in [1.82, 2.24) is 10.6 Å². The lowest BCUT2D eigenvalue weighted by Gasteiger charge is -2.16. The zero-order valence-corrected chi connectivity index (χ0v) is 15.5. The molecule has 4 N–H and O–H groups in total. The van der Waals surface area contributed by atoms with Crippen LogP contribution in [-0.2, 0) is 11.2 Å². The Bertz CT molecular complexity index is 576. The summed E-state index contributed by atoms with van der Waals surface area (Å²) < 4.78 is 14.4. The van der Waals surface area contributed by atoms with Crippen LogP contribution in [0.15, 0.2) is 42.2 Å². The van der Waals surface area contributed by atoms with E-state index in [9.17, 15) is 14.0 Å².